The summed E-state index contributed by atoms with van der Waals surface area (Å²) in [6.07, 6.45) is 0.950. The number of rotatable bonds is 5. The Kier molecular flexibility index (Phi) is 5.39. The molecule has 0 heterocycles. The van der Waals surface area contributed by atoms with Crippen molar-refractivity contribution in [3.05, 3.63) is 27.7 Å². The molecule has 1 N–H and O–H groups in total. The Morgan fingerprint density at radius 1 is 1.31 bits per heavy atom. The molecule has 2 nitrogen and oxygen atoms in total. The Morgan fingerprint density at radius 2 is 2.00 bits per heavy atom. The van der Waals surface area contributed by atoms with Gasteiger partial charge in [-0.2, -0.15) is 0 Å². The van der Waals surface area contributed by atoms with Crippen molar-refractivity contribution in [3.8, 4) is 5.75 Å². The Hall–Kier alpha value is -0.440. The molecular weight excluding hydrogens is 245 g/mol. The molecule has 0 unspecified atom stereocenters. The summed E-state index contributed by atoms with van der Waals surface area (Å²) in [6.45, 7) is 4.82. The molecule has 1 rings (SSSR count). The number of hydrogen-bond donors (Lipinski definition) is 1. The van der Waals surface area contributed by atoms with E-state index in [-0.39, 0.29) is 6.10 Å². The predicted molar refractivity (Wildman–Crippen MR) is 69.9 cm³/mol. The minimum Gasteiger partial charge on any atom is -0.489 e. The molecule has 0 saturated carbocycles. The van der Waals surface area contributed by atoms with E-state index in [4.69, 9.17) is 27.9 Å². The summed E-state index contributed by atoms with van der Waals surface area (Å²) >= 11 is 12.1. The van der Waals surface area contributed by atoms with E-state index in [1.165, 1.54) is 0 Å². The third-order valence-corrected chi connectivity index (χ3v) is 2.58. The molecule has 0 radical (unpaired) electrons. The van der Waals surface area contributed by atoms with E-state index in [1.807, 2.05) is 27.0 Å². The van der Waals surface area contributed by atoms with Gasteiger partial charge in [-0.25, -0.2) is 0 Å². The van der Waals surface area contributed by atoms with Crippen molar-refractivity contribution in [1.82, 2.24) is 5.32 Å². The van der Waals surface area contributed by atoms with Gasteiger partial charge in [-0.15, -0.1) is 0 Å². The molecule has 0 aliphatic rings. The van der Waals surface area contributed by atoms with Gasteiger partial charge in [0.15, 0.2) is 0 Å². The summed E-state index contributed by atoms with van der Waals surface area (Å²) in [5.74, 6) is 0.747. The smallest absolute Gasteiger partial charge is 0.141 e. The van der Waals surface area contributed by atoms with E-state index in [0.717, 1.165) is 24.3 Å². The van der Waals surface area contributed by atoms with Crippen molar-refractivity contribution in [2.75, 3.05) is 13.6 Å². The van der Waals surface area contributed by atoms with Gasteiger partial charge in [-0.05, 0) is 51.6 Å². The SMILES string of the molecule is CNCCc1cc(Cl)cc(Cl)c1OC(C)C. The molecule has 4 heteroatoms. The zero-order chi connectivity index (χ0) is 12.1. The Labute approximate surface area is 107 Å². The van der Waals surface area contributed by atoms with E-state index in [0.29, 0.717) is 10.0 Å². The van der Waals surface area contributed by atoms with Crippen LogP contribution in [0.4, 0.5) is 0 Å². The molecule has 0 aliphatic heterocycles. The van der Waals surface area contributed by atoms with Crippen LogP contribution in [0, 0.1) is 0 Å². The van der Waals surface area contributed by atoms with Gasteiger partial charge < -0.3 is 10.1 Å². The summed E-state index contributed by atoms with van der Waals surface area (Å²) < 4.78 is 5.71. The number of likely N-dealkylation sites (N-methyl/N-ethyl adjacent to an activating group) is 1. The predicted octanol–water partition coefficient (Wildman–Crippen LogP) is 3.54. The van der Waals surface area contributed by atoms with E-state index < -0.39 is 0 Å². The first-order valence-corrected chi connectivity index (χ1v) is 6.09. The number of benzene rings is 1. The van der Waals surface area contributed by atoms with Crippen LogP contribution in [0.1, 0.15) is 19.4 Å². The fourth-order valence-electron chi connectivity index (χ4n) is 1.43. The first kappa shape index (κ1) is 13.6. The molecule has 0 amide bonds. The lowest BCUT2D eigenvalue weighted by atomic mass is 10.1. The van der Waals surface area contributed by atoms with Crippen LogP contribution >= 0.6 is 23.2 Å². The Balaban J connectivity index is 3.00. The molecule has 0 aliphatic carbocycles. The zero-order valence-electron chi connectivity index (χ0n) is 9.81. The number of hydrogen-bond acceptors (Lipinski definition) is 2. The lowest BCUT2D eigenvalue weighted by Gasteiger charge is -2.16. The third-order valence-electron chi connectivity index (χ3n) is 2.08. The molecule has 16 heavy (non-hydrogen) atoms. The van der Waals surface area contributed by atoms with Gasteiger partial charge >= 0.3 is 0 Å². The van der Waals surface area contributed by atoms with E-state index >= 15 is 0 Å². The van der Waals surface area contributed by atoms with Crippen LogP contribution in [0.3, 0.4) is 0 Å². The van der Waals surface area contributed by atoms with Gasteiger partial charge in [-0.1, -0.05) is 23.2 Å². The van der Waals surface area contributed by atoms with Gasteiger partial charge in [0.05, 0.1) is 11.1 Å². The molecule has 0 spiro atoms. The van der Waals surface area contributed by atoms with E-state index in [2.05, 4.69) is 5.32 Å². The van der Waals surface area contributed by atoms with Crippen molar-refractivity contribution in [1.29, 1.82) is 0 Å². The molecule has 0 atom stereocenters. The molecule has 90 valence electrons. The third kappa shape index (κ3) is 3.85. The van der Waals surface area contributed by atoms with Gasteiger partial charge in [0, 0.05) is 5.02 Å². The molecule has 1 aromatic carbocycles. The van der Waals surface area contributed by atoms with E-state index in [1.54, 1.807) is 6.07 Å². The minimum atomic E-state index is 0.104. The summed E-state index contributed by atoms with van der Waals surface area (Å²) in [6, 6.07) is 3.62. The summed E-state index contributed by atoms with van der Waals surface area (Å²) in [5, 5.41) is 4.32. The number of halogens is 2. The zero-order valence-corrected chi connectivity index (χ0v) is 11.3. The van der Waals surface area contributed by atoms with Gasteiger partial charge in [0.25, 0.3) is 0 Å². The second kappa shape index (κ2) is 6.33. The monoisotopic (exact) mass is 261 g/mol. The normalized spacial score (nSPS) is 10.9. The average molecular weight is 262 g/mol. The van der Waals surface area contributed by atoms with Gasteiger partial charge in [-0.3, -0.25) is 0 Å². The molecule has 0 fully saturated rings. The lowest BCUT2D eigenvalue weighted by molar-refractivity contribution is 0.240. The fourth-order valence-corrected chi connectivity index (χ4v) is 2.01. The number of nitrogens with one attached hydrogen (secondary N) is 1. The highest BCUT2D eigenvalue weighted by molar-refractivity contribution is 6.35. The van der Waals surface area contributed by atoms with Crippen LogP contribution in [-0.2, 0) is 6.42 Å². The lowest BCUT2D eigenvalue weighted by Crippen LogP contribution is -2.13. The maximum atomic E-state index is 6.13. The van der Waals surface area contributed by atoms with Crippen molar-refractivity contribution in [2.45, 2.75) is 26.4 Å². The maximum Gasteiger partial charge on any atom is 0.141 e. The average Bonchev–Trinajstić information content (AvgIpc) is 2.19. The minimum absolute atomic E-state index is 0.104. The second-order valence-electron chi connectivity index (χ2n) is 3.90. The Morgan fingerprint density at radius 3 is 2.56 bits per heavy atom. The fraction of sp³-hybridized carbons (Fsp3) is 0.500. The van der Waals surface area contributed by atoms with Crippen LogP contribution in [-0.4, -0.2) is 19.7 Å². The standard InChI is InChI=1S/C12H17Cl2NO/c1-8(2)16-12-9(4-5-15-3)6-10(13)7-11(12)14/h6-8,15H,4-5H2,1-3H3. The van der Waals surface area contributed by atoms with Gasteiger partial charge in [0.2, 0.25) is 0 Å². The second-order valence-corrected chi connectivity index (χ2v) is 4.74. The van der Waals surface area contributed by atoms with Crippen LogP contribution in [0.25, 0.3) is 0 Å². The maximum absolute atomic E-state index is 6.13. The van der Waals surface area contributed by atoms with E-state index in [9.17, 15) is 0 Å². The molecule has 0 aromatic heterocycles. The van der Waals surface area contributed by atoms with Crippen molar-refractivity contribution >= 4 is 23.2 Å². The first-order chi connectivity index (χ1) is 7.54. The summed E-state index contributed by atoms with van der Waals surface area (Å²) in [4.78, 5) is 0. The van der Waals surface area contributed by atoms with Crippen LogP contribution < -0.4 is 10.1 Å². The molecule has 0 bridgehead atoms. The van der Waals surface area contributed by atoms with Crippen molar-refractivity contribution < 1.29 is 4.74 Å². The van der Waals surface area contributed by atoms with Gasteiger partial charge in [0.1, 0.15) is 5.75 Å². The molecule has 1 aromatic rings. The summed E-state index contributed by atoms with van der Waals surface area (Å²) in [7, 11) is 1.91. The molecule has 0 saturated heterocycles. The highest BCUT2D eigenvalue weighted by Gasteiger charge is 2.11. The van der Waals surface area contributed by atoms with Crippen LogP contribution in [0.15, 0.2) is 12.1 Å². The van der Waals surface area contributed by atoms with Crippen molar-refractivity contribution in [3.63, 3.8) is 0 Å². The first-order valence-electron chi connectivity index (χ1n) is 5.33. The quantitative estimate of drug-likeness (QED) is 0.876. The highest BCUT2D eigenvalue weighted by Crippen LogP contribution is 2.33. The van der Waals surface area contributed by atoms with Crippen LogP contribution in [0.2, 0.25) is 10.0 Å². The largest absolute Gasteiger partial charge is 0.489 e. The highest BCUT2D eigenvalue weighted by atomic mass is 35.5. The summed E-state index contributed by atoms with van der Waals surface area (Å²) in [5.41, 5.74) is 1.04. The van der Waals surface area contributed by atoms with Crippen molar-refractivity contribution in [2.24, 2.45) is 0 Å². The topological polar surface area (TPSA) is 21.3 Å². The molecular formula is C12H17Cl2NO. The Bertz CT molecular complexity index is 353. The number of ether oxygens (including phenoxy) is 1. The van der Waals surface area contributed by atoms with Crippen LogP contribution in [0.5, 0.6) is 5.75 Å².